The summed E-state index contributed by atoms with van der Waals surface area (Å²) < 4.78 is 4.65. The van der Waals surface area contributed by atoms with Crippen LogP contribution in [0.4, 0.5) is 11.4 Å². The number of methoxy groups -OCH3 is 1. The van der Waals surface area contributed by atoms with Crippen molar-refractivity contribution in [3.8, 4) is 0 Å². The van der Waals surface area contributed by atoms with Crippen LogP contribution < -0.4 is 10.2 Å². The van der Waals surface area contributed by atoms with Gasteiger partial charge >= 0.3 is 5.97 Å². The molecule has 0 radical (unpaired) electrons. The molecule has 1 heterocycles. The van der Waals surface area contributed by atoms with E-state index >= 15 is 0 Å². The molecule has 3 rings (SSSR count). The van der Waals surface area contributed by atoms with Crippen LogP contribution in [-0.4, -0.2) is 31.4 Å². The van der Waals surface area contributed by atoms with Crippen molar-refractivity contribution in [3.05, 3.63) is 58.6 Å². The topological polar surface area (TPSA) is 75.7 Å². The molecule has 2 aromatic rings. The van der Waals surface area contributed by atoms with E-state index < -0.39 is 11.9 Å². The lowest BCUT2D eigenvalue weighted by Gasteiger charge is -2.17. The summed E-state index contributed by atoms with van der Waals surface area (Å²) >= 11 is 6.06. The maximum Gasteiger partial charge on any atom is 0.337 e. The highest BCUT2D eigenvalue weighted by molar-refractivity contribution is 6.34. The Hall–Kier alpha value is -2.86. The van der Waals surface area contributed by atoms with E-state index in [0.29, 0.717) is 6.54 Å². The molecule has 1 aliphatic heterocycles. The number of anilines is 2. The van der Waals surface area contributed by atoms with Crippen LogP contribution in [0.5, 0.6) is 0 Å². The van der Waals surface area contributed by atoms with Gasteiger partial charge < -0.3 is 15.0 Å². The molecule has 26 heavy (non-hydrogen) atoms. The van der Waals surface area contributed by atoms with Crippen LogP contribution >= 0.6 is 11.6 Å². The fourth-order valence-corrected chi connectivity index (χ4v) is 3.06. The fraction of sp³-hybridized carbons (Fsp3) is 0.211. The van der Waals surface area contributed by atoms with Crippen molar-refractivity contribution >= 4 is 40.8 Å². The number of ether oxygens (including phenoxy) is 1. The number of fused-ring (bicyclic) bond motifs is 1. The lowest BCUT2D eigenvalue weighted by molar-refractivity contribution is -0.125. The van der Waals surface area contributed by atoms with Gasteiger partial charge in [-0.05, 0) is 36.2 Å². The Bertz CT molecular complexity index is 882. The Balaban J connectivity index is 1.68. The van der Waals surface area contributed by atoms with E-state index in [1.165, 1.54) is 25.3 Å². The van der Waals surface area contributed by atoms with Gasteiger partial charge in [-0.3, -0.25) is 9.59 Å². The zero-order valence-electron chi connectivity index (χ0n) is 14.1. The highest BCUT2D eigenvalue weighted by Crippen LogP contribution is 2.28. The quantitative estimate of drug-likeness (QED) is 0.661. The maximum absolute atomic E-state index is 12.5. The van der Waals surface area contributed by atoms with Crippen molar-refractivity contribution in [2.45, 2.75) is 12.8 Å². The van der Waals surface area contributed by atoms with Crippen LogP contribution in [0, 0.1) is 0 Å². The molecule has 2 aromatic carbocycles. The molecular formula is C19H17ClN2O4. The van der Waals surface area contributed by atoms with Crippen molar-refractivity contribution in [1.29, 1.82) is 0 Å². The number of hydrogen-bond acceptors (Lipinski definition) is 4. The zero-order chi connectivity index (χ0) is 18.7. The number of esters is 1. The average Bonchev–Trinajstić information content (AvgIpc) is 3.07. The summed E-state index contributed by atoms with van der Waals surface area (Å²) in [6.45, 7) is 0.560. The molecule has 7 heteroatoms. The first-order valence-electron chi connectivity index (χ1n) is 8.05. The lowest BCUT2D eigenvalue weighted by Crippen LogP contribution is -2.32. The third-order valence-electron chi connectivity index (χ3n) is 4.16. The van der Waals surface area contributed by atoms with Gasteiger partial charge in [-0.15, -0.1) is 0 Å². The largest absolute Gasteiger partial charge is 0.465 e. The molecular weight excluding hydrogens is 356 g/mol. The van der Waals surface area contributed by atoms with Crippen LogP contribution in [-0.2, 0) is 20.7 Å². The van der Waals surface area contributed by atoms with E-state index in [1.807, 2.05) is 24.3 Å². The molecule has 134 valence electrons. The number of para-hydroxylation sites is 1. The molecule has 0 atom stereocenters. The average molecular weight is 373 g/mol. The molecule has 0 saturated carbocycles. The van der Waals surface area contributed by atoms with Gasteiger partial charge in [0, 0.05) is 12.2 Å². The van der Waals surface area contributed by atoms with Gasteiger partial charge in [0.05, 0.1) is 23.4 Å². The van der Waals surface area contributed by atoms with Crippen LogP contribution in [0.2, 0.25) is 5.02 Å². The molecule has 0 spiro atoms. The molecule has 0 saturated heterocycles. The maximum atomic E-state index is 12.5. The number of nitrogens with one attached hydrogen (secondary N) is 1. The normalized spacial score (nSPS) is 12.5. The number of carbonyl (C=O) groups is 3. The molecule has 1 aliphatic rings. The predicted molar refractivity (Wildman–Crippen MR) is 98.5 cm³/mol. The predicted octanol–water partition coefficient (Wildman–Crippen LogP) is 3.04. The summed E-state index contributed by atoms with van der Waals surface area (Å²) in [5.74, 6) is -1.32. The van der Waals surface area contributed by atoms with E-state index in [0.717, 1.165) is 17.7 Å². The van der Waals surface area contributed by atoms with E-state index in [9.17, 15) is 14.4 Å². The molecule has 0 unspecified atom stereocenters. The Morgan fingerprint density at radius 1 is 1.19 bits per heavy atom. The second kappa shape index (κ2) is 7.58. The van der Waals surface area contributed by atoms with E-state index in [4.69, 9.17) is 11.6 Å². The van der Waals surface area contributed by atoms with Gasteiger partial charge in [-0.25, -0.2) is 4.79 Å². The first-order valence-corrected chi connectivity index (χ1v) is 8.43. The second-order valence-corrected chi connectivity index (χ2v) is 6.24. The lowest BCUT2D eigenvalue weighted by atomic mass is 10.2. The Morgan fingerprint density at radius 2 is 1.96 bits per heavy atom. The summed E-state index contributed by atoms with van der Waals surface area (Å²) in [6, 6.07) is 12.0. The second-order valence-electron chi connectivity index (χ2n) is 5.84. The molecule has 1 N–H and O–H groups in total. The van der Waals surface area contributed by atoms with Crippen LogP contribution in [0.15, 0.2) is 42.5 Å². The molecule has 2 amide bonds. The minimum absolute atomic E-state index is 0.256. The molecule has 0 aromatic heterocycles. The molecule has 0 fully saturated rings. The number of carbonyl (C=O) groups excluding carboxylic acids is 3. The van der Waals surface area contributed by atoms with Crippen LogP contribution in [0.25, 0.3) is 0 Å². The van der Waals surface area contributed by atoms with Gasteiger partial charge in [0.15, 0.2) is 0 Å². The van der Waals surface area contributed by atoms with Crippen molar-refractivity contribution in [2.24, 2.45) is 0 Å². The number of benzene rings is 2. The summed E-state index contributed by atoms with van der Waals surface area (Å²) in [5.41, 5.74) is 2.45. The third-order valence-corrected chi connectivity index (χ3v) is 4.49. The number of amides is 2. The van der Waals surface area contributed by atoms with Crippen molar-refractivity contribution in [2.75, 3.05) is 23.9 Å². The van der Waals surface area contributed by atoms with Gasteiger partial charge in [-0.1, -0.05) is 29.8 Å². The first kappa shape index (κ1) is 17.9. The first-order chi connectivity index (χ1) is 12.5. The van der Waals surface area contributed by atoms with Gasteiger partial charge in [0.1, 0.15) is 6.42 Å². The zero-order valence-corrected chi connectivity index (χ0v) is 14.9. The summed E-state index contributed by atoms with van der Waals surface area (Å²) in [6.07, 6.45) is 0.462. The van der Waals surface area contributed by atoms with Crippen molar-refractivity contribution in [3.63, 3.8) is 0 Å². The number of nitrogens with zero attached hydrogens (tertiary/aromatic N) is 1. The van der Waals surface area contributed by atoms with Crippen molar-refractivity contribution in [1.82, 2.24) is 0 Å². The van der Waals surface area contributed by atoms with E-state index in [-0.39, 0.29) is 28.6 Å². The van der Waals surface area contributed by atoms with Crippen molar-refractivity contribution < 1.29 is 19.1 Å². The Kier molecular flexibility index (Phi) is 5.23. The molecule has 0 bridgehead atoms. The molecule has 0 aliphatic carbocycles. The fourth-order valence-electron chi connectivity index (χ4n) is 2.89. The number of rotatable bonds is 4. The Labute approximate surface area is 155 Å². The van der Waals surface area contributed by atoms with E-state index in [2.05, 4.69) is 10.1 Å². The summed E-state index contributed by atoms with van der Waals surface area (Å²) in [5, 5.41) is 2.85. The van der Waals surface area contributed by atoms with Crippen LogP contribution in [0.3, 0.4) is 0 Å². The minimum atomic E-state index is -0.540. The third kappa shape index (κ3) is 3.70. The SMILES string of the molecule is COC(=O)c1ccc(Cl)c(NC(=O)CC(=O)N2CCc3ccccc32)c1. The number of hydrogen-bond donors (Lipinski definition) is 1. The van der Waals surface area contributed by atoms with E-state index in [1.54, 1.807) is 4.90 Å². The smallest absolute Gasteiger partial charge is 0.337 e. The highest BCUT2D eigenvalue weighted by Gasteiger charge is 2.25. The van der Waals surface area contributed by atoms with Crippen LogP contribution in [0.1, 0.15) is 22.3 Å². The summed E-state index contributed by atoms with van der Waals surface area (Å²) in [4.78, 5) is 37.9. The number of halogens is 1. The highest BCUT2D eigenvalue weighted by atomic mass is 35.5. The summed E-state index contributed by atoms with van der Waals surface area (Å²) in [7, 11) is 1.27. The van der Waals surface area contributed by atoms with Gasteiger partial charge in [-0.2, -0.15) is 0 Å². The Morgan fingerprint density at radius 3 is 2.73 bits per heavy atom. The molecule has 6 nitrogen and oxygen atoms in total. The van der Waals surface area contributed by atoms with Gasteiger partial charge in [0.2, 0.25) is 11.8 Å². The minimum Gasteiger partial charge on any atom is -0.465 e. The standard InChI is InChI=1S/C19H17ClN2O4/c1-26-19(25)13-6-7-14(20)15(10-13)21-17(23)11-18(24)22-9-8-12-4-2-3-5-16(12)22/h2-7,10H,8-9,11H2,1H3,(H,21,23). The van der Waals surface area contributed by atoms with Gasteiger partial charge in [0.25, 0.3) is 0 Å². The monoisotopic (exact) mass is 372 g/mol.